The third-order valence-electron chi connectivity index (χ3n) is 3.21. The number of benzene rings is 1. The fourth-order valence-electron chi connectivity index (χ4n) is 2.13. The van der Waals surface area contributed by atoms with Gasteiger partial charge in [0.05, 0.1) is 0 Å². The molecule has 0 unspecified atom stereocenters. The van der Waals surface area contributed by atoms with Crippen LogP contribution in [-0.2, 0) is 17.8 Å². The largest absolute Gasteiger partial charge is 0.444 e. The van der Waals surface area contributed by atoms with Crippen molar-refractivity contribution >= 4 is 11.8 Å². The van der Waals surface area contributed by atoms with Gasteiger partial charge in [0.2, 0.25) is 0 Å². The first kappa shape index (κ1) is 16.9. The smallest absolute Gasteiger partial charge is 0.410 e. The van der Waals surface area contributed by atoms with E-state index in [1.807, 2.05) is 63.5 Å². The molecule has 1 aromatic carbocycles. The number of hydrogen-bond donors (Lipinski definition) is 2. The third kappa shape index (κ3) is 5.70. The Morgan fingerprint density at radius 2 is 2.04 bits per heavy atom. The highest BCUT2D eigenvalue weighted by atomic mass is 16.6. The first-order chi connectivity index (χ1) is 10.8. The molecule has 0 saturated carbocycles. The molecule has 1 amide bonds. The normalized spacial score (nSPS) is 11.1. The number of hydrogen-bond acceptors (Lipinski definition) is 3. The van der Waals surface area contributed by atoms with Gasteiger partial charge in [0.15, 0.2) is 0 Å². The van der Waals surface area contributed by atoms with Crippen LogP contribution in [0.4, 0.5) is 10.5 Å². The Kier molecular flexibility index (Phi) is 5.32. The van der Waals surface area contributed by atoms with Crippen molar-refractivity contribution < 1.29 is 9.53 Å². The van der Waals surface area contributed by atoms with Crippen LogP contribution in [0.5, 0.6) is 0 Å². The average Bonchev–Trinajstić information content (AvgIpc) is 2.97. The number of H-pyrrole nitrogens is 1. The van der Waals surface area contributed by atoms with Crippen LogP contribution in [0.2, 0.25) is 0 Å². The summed E-state index contributed by atoms with van der Waals surface area (Å²) in [6.07, 6.45) is 3.55. The summed E-state index contributed by atoms with van der Waals surface area (Å²) >= 11 is 0. The molecule has 0 fully saturated rings. The van der Waals surface area contributed by atoms with Crippen molar-refractivity contribution in [3.8, 4) is 0 Å². The summed E-state index contributed by atoms with van der Waals surface area (Å²) in [6.45, 7) is 6.86. The minimum absolute atomic E-state index is 0.316. The second-order valence-electron chi connectivity index (χ2n) is 6.61. The Morgan fingerprint density at radius 1 is 1.26 bits per heavy atom. The van der Waals surface area contributed by atoms with Crippen molar-refractivity contribution in [2.75, 3.05) is 12.4 Å². The highest BCUT2D eigenvalue weighted by Gasteiger charge is 2.19. The van der Waals surface area contributed by atoms with Crippen molar-refractivity contribution in [2.45, 2.75) is 39.5 Å². The lowest BCUT2D eigenvalue weighted by atomic mass is 10.2. The van der Waals surface area contributed by atoms with Crippen molar-refractivity contribution in [3.63, 3.8) is 0 Å². The maximum atomic E-state index is 12.0. The summed E-state index contributed by atoms with van der Waals surface area (Å²) in [7, 11) is 1.74. The fourth-order valence-corrected chi connectivity index (χ4v) is 2.13. The number of nitrogens with one attached hydrogen (secondary N) is 2. The molecule has 0 aliphatic heterocycles. The van der Waals surface area contributed by atoms with Gasteiger partial charge in [0.1, 0.15) is 5.60 Å². The van der Waals surface area contributed by atoms with E-state index in [1.54, 1.807) is 11.9 Å². The van der Waals surface area contributed by atoms with E-state index in [4.69, 9.17) is 4.74 Å². The van der Waals surface area contributed by atoms with Gasteiger partial charge in [-0.25, -0.2) is 4.79 Å². The van der Waals surface area contributed by atoms with E-state index in [9.17, 15) is 4.79 Å². The van der Waals surface area contributed by atoms with Crippen LogP contribution in [0.15, 0.2) is 42.7 Å². The minimum atomic E-state index is -0.481. The number of nitrogens with zero attached hydrogens (tertiary/aromatic N) is 1. The van der Waals surface area contributed by atoms with Gasteiger partial charge >= 0.3 is 6.09 Å². The van der Waals surface area contributed by atoms with E-state index in [1.165, 1.54) is 5.56 Å². The van der Waals surface area contributed by atoms with Crippen molar-refractivity contribution in [2.24, 2.45) is 0 Å². The van der Waals surface area contributed by atoms with Crippen LogP contribution in [0.25, 0.3) is 0 Å². The molecule has 2 N–H and O–H groups in total. The topological polar surface area (TPSA) is 57.4 Å². The summed E-state index contributed by atoms with van der Waals surface area (Å²) in [5.41, 5.74) is 2.80. The molecule has 2 aromatic rings. The number of ether oxygens (including phenoxy) is 1. The number of aromatic amines is 1. The summed E-state index contributed by atoms with van der Waals surface area (Å²) in [5.74, 6) is 0. The molecule has 0 aliphatic carbocycles. The zero-order valence-electron chi connectivity index (χ0n) is 14.2. The van der Waals surface area contributed by atoms with E-state index in [-0.39, 0.29) is 6.09 Å². The Morgan fingerprint density at radius 3 is 2.70 bits per heavy atom. The second kappa shape index (κ2) is 7.22. The Bertz CT molecular complexity index is 630. The number of anilines is 1. The highest BCUT2D eigenvalue weighted by molar-refractivity contribution is 5.67. The first-order valence-corrected chi connectivity index (χ1v) is 7.72. The SMILES string of the molecule is CN(Cc1cccc(NCc2cc[nH]c2)c1)C(=O)OC(C)(C)C. The van der Waals surface area contributed by atoms with Crippen LogP contribution in [-0.4, -0.2) is 28.6 Å². The van der Waals surface area contributed by atoms with Crippen molar-refractivity contribution in [1.82, 2.24) is 9.88 Å². The van der Waals surface area contributed by atoms with Crippen LogP contribution in [0, 0.1) is 0 Å². The van der Waals surface area contributed by atoms with Gasteiger partial charge in [-0.2, -0.15) is 0 Å². The van der Waals surface area contributed by atoms with Crippen LogP contribution < -0.4 is 5.32 Å². The van der Waals surface area contributed by atoms with E-state index in [2.05, 4.69) is 10.3 Å². The molecule has 0 atom stereocenters. The average molecular weight is 315 g/mol. The third-order valence-corrected chi connectivity index (χ3v) is 3.21. The molecular weight excluding hydrogens is 290 g/mol. The molecule has 0 bridgehead atoms. The quantitative estimate of drug-likeness (QED) is 0.877. The van der Waals surface area contributed by atoms with E-state index >= 15 is 0 Å². The van der Waals surface area contributed by atoms with E-state index in [0.717, 1.165) is 17.8 Å². The summed E-state index contributed by atoms with van der Waals surface area (Å²) in [4.78, 5) is 16.6. The maximum absolute atomic E-state index is 12.0. The number of carbonyl (C=O) groups is 1. The molecule has 0 radical (unpaired) electrons. The summed E-state index contributed by atoms with van der Waals surface area (Å²) in [6, 6.07) is 10.1. The minimum Gasteiger partial charge on any atom is -0.444 e. The molecule has 0 aliphatic rings. The number of carbonyl (C=O) groups excluding carboxylic acids is 1. The van der Waals surface area contributed by atoms with E-state index in [0.29, 0.717) is 6.54 Å². The zero-order valence-corrected chi connectivity index (χ0v) is 14.2. The van der Waals surface area contributed by atoms with Crippen LogP contribution >= 0.6 is 0 Å². The Labute approximate surface area is 137 Å². The highest BCUT2D eigenvalue weighted by Crippen LogP contribution is 2.15. The molecule has 2 rings (SSSR count). The van der Waals surface area contributed by atoms with Gasteiger partial charge in [-0.3, -0.25) is 0 Å². The lowest BCUT2D eigenvalue weighted by Gasteiger charge is -2.24. The molecule has 5 nitrogen and oxygen atoms in total. The Hall–Kier alpha value is -2.43. The molecule has 23 heavy (non-hydrogen) atoms. The number of aromatic nitrogens is 1. The Balaban J connectivity index is 1.92. The fraction of sp³-hybridized carbons (Fsp3) is 0.389. The summed E-state index contributed by atoms with van der Waals surface area (Å²) in [5, 5.41) is 3.37. The van der Waals surface area contributed by atoms with E-state index < -0.39 is 5.60 Å². The van der Waals surface area contributed by atoms with Crippen LogP contribution in [0.1, 0.15) is 31.9 Å². The number of rotatable bonds is 5. The van der Waals surface area contributed by atoms with Gasteiger partial charge < -0.3 is 19.9 Å². The summed E-state index contributed by atoms with van der Waals surface area (Å²) < 4.78 is 5.37. The van der Waals surface area contributed by atoms with Crippen LogP contribution in [0.3, 0.4) is 0 Å². The molecular formula is C18H25N3O2. The molecule has 0 spiro atoms. The zero-order chi connectivity index (χ0) is 16.9. The maximum Gasteiger partial charge on any atom is 0.410 e. The standard InChI is InChI=1S/C18H25N3O2/c1-18(2,3)23-17(22)21(4)13-14-6-5-7-16(10-14)20-12-15-8-9-19-11-15/h5-11,19-20H,12-13H2,1-4H3. The predicted molar refractivity (Wildman–Crippen MR) is 92.3 cm³/mol. The lowest BCUT2D eigenvalue weighted by molar-refractivity contribution is 0.0285. The van der Waals surface area contributed by atoms with Gasteiger partial charge in [0, 0.05) is 38.2 Å². The van der Waals surface area contributed by atoms with Gasteiger partial charge in [0.25, 0.3) is 0 Å². The molecule has 1 aromatic heterocycles. The molecule has 1 heterocycles. The molecule has 124 valence electrons. The lowest BCUT2D eigenvalue weighted by Crippen LogP contribution is -2.33. The molecule has 5 heteroatoms. The molecule has 0 saturated heterocycles. The van der Waals surface area contributed by atoms with Gasteiger partial charge in [-0.15, -0.1) is 0 Å². The number of amides is 1. The van der Waals surface area contributed by atoms with Crippen molar-refractivity contribution in [1.29, 1.82) is 0 Å². The predicted octanol–water partition coefficient (Wildman–Crippen LogP) is 3.99. The van der Waals surface area contributed by atoms with Gasteiger partial charge in [-0.1, -0.05) is 12.1 Å². The van der Waals surface area contributed by atoms with Crippen molar-refractivity contribution in [3.05, 3.63) is 53.9 Å². The first-order valence-electron chi connectivity index (χ1n) is 7.72. The monoisotopic (exact) mass is 315 g/mol. The second-order valence-corrected chi connectivity index (χ2v) is 6.61. The van der Waals surface area contributed by atoms with Gasteiger partial charge in [-0.05, 0) is 50.1 Å².